The summed E-state index contributed by atoms with van der Waals surface area (Å²) in [4.78, 5) is 28.4. The van der Waals surface area contributed by atoms with E-state index in [2.05, 4.69) is 0 Å². The fraction of sp³-hybridized carbons (Fsp3) is 0.263. The molecule has 1 heterocycles. The minimum absolute atomic E-state index is 0.303. The zero-order valence-electron chi connectivity index (χ0n) is 14.2. The summed E-state index contributed by atoms with van der Waals surface area (Å²) in [5, 5.41) is 12.0. The van der Waals surface area contributed by atoms with Gasteiger partial charge >= 0.3 is 5.97 Å². The van der Waals surface area contributed by atoms with Crippen LogP contribution in [0.4, 0.5) is 0 Å². The summed E-state index contributed by atoms with van der Waals surface area (Å²) in [5.74, 6) is -0.955. The van der Waals surface area contributed by atoms with Crippen LogP contribution in [0.5, 0.6) is 0 Å². The van der Waals surface area contributed by atoms with E-state index in [0.717, 1.165) is 5.56 Å². The van der Waals surface area contributed by atoms with Gasteiger partial charge in [0.2, 0.25) is 6.54 Å². The number of carbonyl (C=O) groups excluding carboxylic acids is 1. The maximum atomic E-state index is 12.7. The number of benzene rings is 2. The third-order valence-corrected chi connectivity index (χ3v) is 5.58. The SMILES string of the molecule is COC(=O)[C@@]1([C@@H](C[N+](=O)[O-])c2ccccc2)CSC(c2ccccc2)=N1. The lowest BCUT2D eigenvalue weighted by molar-refractivity contribution is -0.484. The summed E-state index contributed by atoms with van der Waals surface area (Å²) in [6.07, 6.45) is 0. The van der Waals surface area contributed by atoms with Crippen LogP contribution < -0.4 is 0 Å². The van der Waals surface area contributed by atoms with Gasteiger partial charge in [-0.3, -0.25) is 15.1 Å². The van der Waals surface area contributed by atoms with Crippen LogP contribution in [-0.2, 0) is 9.53 Å². The molecule has 1 aliphatic rings. The number of hydrogen-bond acceptors (Lipinski definition) is 6. The molecule has 0 saturated carbocycles. The summed E-state index contributed by atoms with van der Waals surface area (Å²) >= 11 is 1.42. The quantitative estimate of drug-likeness (QED) is 0.443. The predicted octanol–water partition coefficient (Wildman–Crippen LogP) is 3.15. The van der Waals surface area contributed by atoms with E-state index in [1.165, 1.54) is 18.9 Å². The Morgan fingerprint density at radius 3 is 2.42 bits per heavy atom. The van der Waals surface area contributed by atoms with Gasteiger partial charge in [-0.15, -0.1) is 11.8 Å². The van der Waals surface area contributed by atoms with Gasteiger partial charge < -0.3 is 4.74 Å². The molecular formula is C19H18N2O4S. The second kappa shape index (κ2) is 7.70. The minimum atomic E-state index is -1.32. The van der Waals surface area contributed by atoms with Gasteiger partial charge in [0.25, 0.3) is 0 Å². The topological polar surface area (TPSA) is 81.8 Å². The van der Waals surface area contributed by atoms with Gasteiger partial charge in [0, 0.05) is 16.2 Å². The number of methoxy groups -OCH3 is 1. The molecule has 2 aromatic rings. The van der Waals surface area contributed by atoms with E-state index in [0.29, 0.717) is 16.4 Å². The molecular weight excluding hydrogens is 352 g/mol. The molecule has 0 unspecified atom stereocenters. The first-order valence-electron chi connectivity index (χ1n) is 8.10. The van der Waals surface area contributed by atoms with Crippen molar-refractivity contribution in [1.82, 2.24) is 0 Å². The van der Waals surface area contributed by atoms with Crippen molar-refractivity contribution in [3.8, 4) is 0 Å². The zero-order chi connectivity index (χ0) is 18.6. The van der Waals surface area contributed by atoms with Crippen LogP contribution in [-0.4, -0.2) is 40.9 Å². The van der Waals surface area contributed by atoms with Gasteiger partial charge in [-0.25, -0.2) is 4.79 Å². The Morgan fingerprint density at radius 1 is 1.23 bits per heavy atom. The zero-order valence-corrected chi connectivity index (χ0v) is 15.0. The molecule has 0 aliphatic carbocycles. The van der Waals surface area contributed by atoms with E-state index in [1.54, 1.807) is 24.3 Å². The first-order chi connectivity index (χ1) is 12.6. The minimum Gasteiger partial charge on any atom is -0.467 e. The molecule has 0 radical (unpaired) electrons. The number of ether oxygens (including phenoxy) is 1. The number of nitrogens with zero attached hydrogens (tertiary/aromatic N) is 2. The first-order valence-corrected chi connectivity index (χ1v) is 9.08. The molecule has 26 heavy (non-hydrogen) atoms. The normalized spacial score (nSPS) is 20.3. The van der Waals surface area contributed by atoms with Crippen LogP contribution in [0.3, 0.4) is 0 Å². The molecule has 2 aromatic carbocycles. The van der Waals surface area contributed by atoms with Gasteiger partial charge in [-0.2, -0.15) is 0 Å². The van der Waals surface area contributed by atoms with Crippen LogP contribution in [0.25, 0.3) is 0 Å². The highest BCUT2D eigenvalue weighted by atomic mass is 32.2. The lowest BCUT2D eigenvalue weighted by Crippen LogP contribution is -2.47. The Bertz CT molecular complexity index is 826. The van der Waals surface area contributed by atoms with Crippen molar-refractivity contribution in [2.24, 2.45) is 4.99 Å². The molecule has 6 nitrogen and oxygen atoms in total. The lowest BCUT2D eigenvalue weighted by Gasteiger charge is -2.29. The van der Waals surface area contributed by atoms with Crippen LogP contribution in [0.2, 0.25) is 0 Å². The van der Waals surface area contributed by atoms with Crippen LogP contribution in [0.1, 0.15) is 17.0 Å². The van der Waals surface area contributed by atoms with E-state index < -0.39 is 28.9 Å². The maximum absolute atomic E-state index is 12.7. The van der Waals surface area contributed by atoms with Crippen molar-refractivity contribution < 1.29 is 14.5 Å². The second-order valence-electron chi connectivity index (χ2n) is 5.97. The predicted molar refractivity (Wildman–Crippen MR) is 101 cm³/mol. The largest absolute Gasteiger partial charge is 0.467 e. The molecule has 1 aliphatic heterocycles. The van der Waals surface area contributed by atoms with Crippen LogP contribution in [0, 0.1) is 10.1 Å². The van der Waals surface area contributed by atoms with Crippen molar-refractivity contribution >= 4 is 22.8 Å². The number of nitro groups is 1. The molecule has 0 N–H and O–H groups in total. The molecule has 0 amide bonds. The summed E-state index contributed by atoms with van der Waals surface area (Å²) in [5.41, 5.74) is 0.267. The number of rotatable bonds is 6. The fourth-order valence-corrected chi connectivity index (χ4v) is 4.39. The average molecular weight is 370 g/mol. The maximum Gasteiger partial charge on any atom is 0.335 e. The van der Waals surface area contributed by atoms with Crippen molar-refractivity contribution in [3.63, 3.8) is 0 Å². The third kappa shape index (κ3) is 3.48. The first kappa shape index (κ1) is 18.1. The molecule has 0 aromatic heterocycles. The van der Waals surface area contributed by atoms with E-state index in [9.17, 15) is 14.9 Å². The van der Waals surface area contributed by atoms with Crippen molar-refractivity contribution in [1.29, 1.82) is 0 Å². The van der Waals surface area contributed by atoms with E-state index >= 15 is 0 Å². The smallest absolute Gasteiger partial charge is 0.335 e. The van der Waals surface area contributed by atoms with Crippen LogP contribution >= 0.6 is 11.8 Å². The van der Waals surface area contributed by atoms with Gasteiger partial charge in [0.15, 0.2) is 5.54 Å². The molecule has 0 fully saturated rings. The van der Waals surface area contributed by atoms with Gasteiger partial charge in [0.1, 0.15) is 0 Å². The Morgan fingerprint density at radius 2 is 1.85 bits per heavy atom. The summed E-state index contributed by atoms with van der Waals surface area (Å²) in [6, 6.07) is 18.5. The summed E-state index contributed by atoms with van der Waals surface area (Å²) < 4.78 is 5.02. The average Bonchev–Trinajstić information content (AvgIpc) is 3.13. The highest BCUT2D eigenvalue weighted by Crippen LogP contribution is 2.42. The van der Waals surface area contributed by atoms with Crippen molar-refractivity contribution in [2.45, 2.75) is 11.5 Å². The number of esters is 1. The fourth-order valence-electron chi connectivity index (χ4n) is 3.12. The Labute approximate surface area is 155 Å². The molecule has 0 saturated heterocycles. The number of hydrogen-bond donors (Lipinski definition) is 0. The summed E-state index contributed by atoms with van der Waals surface area (Å²) in [7, 11) is 1.29. The standard InChI is InChI=1S/C19H18N2O4S/c1-25-18(22)19(13-26-17(20-19)15-10-6-3-7-11-15)16(12-21(23)24)14-8-4-2-5-9-14/h2-11,16H,12-13H2,1H3/t16-,19-/m0/s1. The molecule has 2 atom stereocenters. The van der Waals surface area contributed by atoms with E-state index in [1.807, 2.05) is 36.4 Å². The number of aliphatic imine (C=N–C) groups is 1. The monoisotopic (exact) mass is 370 g/mol. The summed E-state index contributed by atoms with van der Waals surface area (Å²) in [6.45, 7) is -0.398. The molecule has 3 rings (SSSR count). The molecule has 0 bridgehead atoms. The Hall–Kier alpha value is -2.67. The van der Waals surface area contributed by atoms with Crippen LogP contribution in [0.15, 0.2) is 65.7 Å². The molecule has 7 heteroatoms. The lowest BCUT2D eigenvalue weighted by atomic mass is 9.80. The Balaban J connectivity index is 2.11. The molecule has 0 spiro atoms. The van der Waals surface area contributed by atoms with Crippen molar-refractivity contribution in [2.75, 3.05) is 19.4 Å². The van der Waals surface area contributed by atoms with E-state index in [4.69, 9.17) is 9.73 Å². The van der Waals surface area contributed by atoms with Crippen molar-refractivity contribution in [3.05, 3.63) is 81.9 Å². The van der Waals surface area contributed by atoms with E-state index in [-0.39, 0.29) is 0 Å². The number of thioether (sulfide) groups is 1. The highest BCUT2D eigenvalue weighted by molar-refractivity contribution is 8.14. The van der Waals surface area contributed by atoms with Gasteiger partial charge in [-0.1, -0.05) is 60.7 Å². The highest BCUT2D eigenvalue weighted by Gasteiger charge is 2.53. The van der Waals surface area contributed by atoms with Gasteiger partial charge in [-0.05, 0) is 5.56 Å². The number of carbonyl (C=O) groups is 1. The van der Waals surface area contributed by atoms with Gasteiger partial charge in [0.05, 0.1) is 18.1 Å². The second-order valence-corrected chi connectivity index (χ2v) is 6.93. The Kier molecular flexibility index (Phi) is 5.37. The third-order valence-electron chi connectivity index (χ3n) is 4.40. The molecule has 134 valence electrons.